The highest BCUT2D eigenvalue weighted by molar-refractivity contribution is 7.52. The van der Waals surface area contributed by atoms with Crippen LogP contribution in [0.4, 0.5) is 4.39 Å². The molecule has 1 aromatic heterocycles. The van der Waals surface area contributed by atoms with Gasteiger partial charge in [0, 0.05) is 23.7 Å². The Hall–Kier alpha value is -2.26. The number of nitrogens with zero attached hydrogens (tertiary/aromatic N) is 1. The van der Waals surface area contributed by atoms with Gasteiger partial charge in [0.1, 0.15) is 5.75 Å². The molecule has 9 nitrogen and oxygen atoms in total. The number of fused-ring (bicyclic) bond motifs is 1. The quantitative estimate of drug-likeness (QED) is 0.528. The van der Waals surface area contributed by atoms with Gasteiger partial charge in [0.2, 0.25) is 0 Å². The van der Waals surface area contributed by atoms with E-state index in [1.807, 2.05) is 26.8 Å². The molecule has 0 bridgehead atoms. The number of nitrogens with one attached hydrogen (secondary N) is 2. The average Bonchev–Trinajstić information content (AvgIpc) is 3.24. The number of aromatic nitrogens is 2. The van der Waals surface area contributed by atoms with E-state index in [0.717, 1.165) is 10.6 Å². The second kappa shape index (κ2) is 8.51. The van der Waals surface area contributed by atoms with Crippen molar-refractivity contribution in [3.63, 3.8) is 0 Å². The molecule has 2 N–H and O–H groups in total. The molecule has 2 fully saturated rings. The van der Waals surface area contributed by atoms with Crippen molar-refractivity contribution >= 4 is 7.75 Å². The van der Waals surface area contributed by atoms with E-state index >= 15 is 4.39 Å². The van der Waals surface area contributed by atoms with Crippen LogP contribution in [0.25, 0.3) is 0 Å². The number of ether oxygens (including phenoxy) is 1. The van der Waals surface area contributed by atoms with Crippen LogP contribution in [-0.4, -0.2) is 34.0 Å². The van der Waals surface area contributed by atoms with Gasteiger partial charge in [0.15, 0.2) is 11.9 Å². The van der Waals surface area contributed by atoms with Crippen LogP contribution < -0.4 is 20.9 Å². The molecule has 1 saturated carbocycles. The fraction of sp³-hybridized carbons (Fsp3) is 0.545. The Morgan fingerprint density at radius 2 is 1.97 bits per heavy atom. The molecule has 180 valence electrons. The van der Waals surface area contributed by atoms with Crippen molar-refractivity contribution in [2.75, 3.05) is 6.61 Å². The molecule has 33 heavy (non-hydrogen) atoms. The molecular formula is C22H29FN3O6P. The largest absolute Gasteiger partial charge is 0.459 e. The smallest absolute Gasteiger partial charge is 0.413 e. The van der Waals surface area contributed by atoms with Crippen molar-refractivity contribution in [2.24, 2.45) is 11.3 Å². The number of halogens is 1. The van der Waals surface area contributed by atoms with Gasteiger partial charge < -0.3 is 9.26 Å². The number of H-pyrrole nitrogens is 1. The van der Waals surface area contributed by atoms with Gasteiger partial charge in [0.25, 0.3) is 5.56 Å². The van der Waals surface area contributed by atoms with Crippen molar-refractivity contribution in [1.82, 2.24) is 14.6 Å². The molecule has 4 rings (SSSR count). The minimum absolute atomic E-state index is 0.143. The minimum atomic E-state index is -3.84. The summed E-state index contributed by atoms with van der Waals surface area (Å²) in [7, 11) is -3.84. The Labute approximate surface area is 190 Å². The van der Waals surface area contributed by atoms with E-state index in [9.17, 15) is 14.2 Å². The number of rotatable bonds is 9. The lowest BCUT2D eigenvalue weighted by atomic mass is 10.0. The molecule has 1 aliphatic heterocycles. The first-order chi connectivity index (χ1) is 15.5. The van der Waals surface area contributed by atoms with Crippen molar-refractivity contribution in [3.05, 3.63) is 63.4 Å². The van der Waals surface area contributed by atoms with Crippen LogP contribution in [0.15, 0.2) is 52.2 Å². The fourth-order valence-electron chi connectivity index (χ4n) is 4.05. The van der Waals surface area contributed by atoms with E-state index in [-0.39, 0.29) is 25.0 Å². The van der Waals surface area contributed by atoms with Gasteiger partial charge in [-0.2, -0.15) is 0 Å². The maximum Gasteiger partial charge on any atom is 0.459 e. The molecule has 0 spiro atoms. The zero-order valence-electron chi connectivity index (χ0n) is 19.0. The van der Waals surface area contributed by atoms with Crippen molar-refractivity contribution in [2.45, 2.75) is 58.2 Å². The Bertz CT molecular complexity index is 1170. The zero-order chi connectivity index (χ0) is 24.0. The molecule has 1 unspecified atom stereocenters. The molecule has 0 radical (unpaired) electrons. The van der Waals surface area contributed by atoms with Crippen LogP contribution in [0.3, 0.4) is 0 Å². The highest BCUT2D eigenvalue weighted by Crippen LogP contribution is 2.72. The number of benzene rings is 1. The Kier molecular flexibility index (Phi) is 6.16. The first-order valence-corrected chi connectivity index (χ1v) is 12.4. The van der Waals surface area contributed by atoms with Gasteiger partial charge in [-0.25, -0.2) is 18.8 Å². The maximum absolute atomic E-state index is 15.7. The number of hydrogen-bond donors (Lipinski definition) is 2. The second-order valence-electron chi connectivity index (χ2n) is 9.31. The Balaban J connectivity index is 1.53. The van der Waals surface area contributed by atoms with E-state index in [1.54, 1.807) is 31.2 Å². The average molecular weight is 481 g/mol. The molecule has 0 amide bonds. The van der Waals surface area contributed by atoms with Crippen molar-refractivity contribution in [1.29, 1.82) is 0 Å². The molecule has 2 aromatic rings. The molecule has 1 aliphatic carbocycles. The number of alkyl halides is 1. The van der Waals surface area contributed by atoms with Gasteiger partial charge in [-0.3, -0.25) is 18.9 Å². The van der Waals surface area contributed by atoms with Gasteiger partial charge in [-0.05, 0) is 31.4 Å². The molecule has 1 saturated heterocycles. The van der Waals surface area contributed by atoms with Crippen LogP contribution >= 0.6 is 7.75 Å². The number of para-hydroxylation sites is 1. The second-order valence-corrected chi connectivity index (χ2v) is 11.0. The van der Waals surface area contributed by atoms with Gasteiger partial charge in [-0.15, -0.1) is 0 Å². The molecule has 2 aliphatic rings. The van der Waals surface area contributed by atoms with Crippen molar-refractivity contribution < 1.29 is 22.7 Å². The monoisotopic (exact) mass is 481 g/mol. The molecular weight excluding hydrogens is 452 g/mol. The highest BCUT2D eigenvalue weighted by atomic mass is 31.2. The standard InChI is InChI=1S/C22H29FN3O6P/c1-14(2)15(3)25-33(29,32-16-8-6-5-7-9-16)30-12-17-21(4)13-22(21,23)19(31-17)26-11-10-18(27)24-20(26)28/h5-11,14-15,17,19H,12-13H2,1-4H3,(H,25,29)(H,24,27,28)/t15-,17+,19?,21+,22-,33-/m0/s1. The highest BCUT2D eigenvalue weighted by Gasteiger charge is 2.79. The van der Waals surface area contributed by atoms with Crippen LogP contribution in [0.1, 0.15) is 40.3 Å². The van der Waals surface area contributed by atoms with Gasteiger partial charge in [-0.1, -0.05) is 39.0 Å². The third kappa shape index (κ3) is 4.45. The fourth-order valence-corrected chi connectivity index (χ4v) is 5.76. The summed E-state index contributed by atoms with van der Waals surface area (Å²) in [6.45, 7) is 7.30. The number of hydrogen-bond acceptors (Lipinski definition) is 6. The summed E-state index contributed by atoms with van der Waals surface area (Å²) in [4.78, 5) is 25.7. The molecule has 2 heterocycles. The summed E-state index contributed by atoms with van der Waals surface area (Å²) in [6, 6.07) is 9.59. The summed E-state index contributed by atoms with van der Waals surface area (Å²) in [5, 5.41) is 2.94. The van der Waals surface area contributed by atoms with Gasteiger partial charge >= 0.3 is 13.4 Å². The summed E-state index contributed by atoms with van der Waals surface area (Å²) < 4.78 is 47.7. The first kappa shape index (κ1) is 23.9. The maximum atomic E-state index is 15.7. The number of aromatic amines is 1. The third-order valence-corrected chi connectivity index (χ3v) is 8.34. The van der Waals surface area contributed by atoms with Gasteiger partial charge in [0.05, 0.1) is 12.7 Å². The Morgan fingerprint density at radius 1 is 1.27 bits per heavy atom. The lowest BCUT2D eigenvalue weighted by Gasteiger charge is -2.27. The molecule has 1 aromatic carbocycles. The summed E-state index contributed by atoms with van der Waals surface area (Å²) in [5.74, 6) is 0.520. The molecule has 11 heteroatoms. The van der Waals surface area contributed by atoms with Crippen LogP contribution in [-0.2, 0) is 13.8 Å². The predicted molar refractivity (Wildman–Crippen MR) is 120 cm³/mol. The van der Waals surface area contributed by atoms with Crippen LogP contribution in [0.5, 0.6) is 5.75 Å². The summed E-state index contributed by atoms with van der Waals surface area (Å²) >= 11 is 0. The van der Waals surface area contributed by atoms with E-state index in [2.05, 4.69) is 10.1 Å². The Morgan fingerprint density at radius 3 is 2.61 bits per heavy atom. The first-order valence-electron chi connectivity index (χ1n) is 10.9. The van der Waals surface area contributed by atoms with Crippen LogP contribution in [0, 0.1) is 11.3 Å². The lowest BCUT2D eigenvalue weighted by molar-refractivity contribution is -0.0741. The lowest BCUT2D eigenvalue weighted by Crippen LogP contribution is -2.36. The van der Waals surface area contributed by atoms with E-state index in [4.69, 9.17) is 13.8 Å². The normalized spacial score (nSPS) is 31.1. The third-order valence-electron chi connectivity index (χ3n) is 6.67. The van der Waals surface area contributed by atoms with Crippen LogP contribution in [0.2, 0.25) is 0 Å². The topological polar surface area (TPSA) is 112 Å². The zero-order valence-corrected chi connectivity index (χ0v) is 19.9. The SMILES string of the molecule is CC(C)[C@H](C)N[P@](=O)(OC[C@H]1OC(n2ccc(=O)[nH]c2=O)[C@@]2(F)C[C@]12C)Oc1ccccc1. The van der Waals surface area contributed by atoms with Crippen molar-refractivity contribution in [3.8, 4) is 5.75 Å². The summed E-state index contributed by atoms with van der Waals surface area (Å²) in [6.07, 6.45) is -0.651. The summed E-state index contributed by atoms with van der Waals surface area (Å²) in [5.41, 5.74) is -4.09. The molecule has 6 atom stereocenters. The van der Waals surface area contributed by atoms with E-state index < -0.39 is 42.4 Å². The predicted octanol–water partition coefficient (Wildman–Crippen LogP) is 3.39. The van der Waals surface area contributed by atoms with E-state index in [1.165, 1.54) is 6.20 Å². The minimum Gasteiger partial charge on any atom is -0.413 e. The van der Waals surface area contributed by atoms with E-state index in [0.29, 0.717) is 5.75 Å².